The summed E-state index contributed by atoms with van der Waals surface area (Å²) in [7, 11) is 1.62. The van der Waals surface area contributed by atoms with Gasteiger partial charge >= 0.3 is 5.97 Å². The second-order valence-electron chi connectivity index (χ2n) is 4.18. The Balaban J connectivity index is 2.09. The average Bonchev–Trinajstić information content (AvgIpc) is 2.83. The fourth-order valence-electron chi connectivity index (χ4n) is 1.78. The van der Waals surface area contributed by atoms with Crippen molar-refractivity contribution in [2.24, 2.45) is 0 Å². The molecule has 0 radical (unpaired) electrons. The van der Waals surface area contributed by atoms with Crippen LogP contribution in [0.3, 0.4) is 0 Å². The van der Waals surface area contributed by atoms with Gasteiger partial charge in [0.25, 0.3) is 0 Å². The predicted molar refractivity (Wildman–Crippen MR) is 78.6 cm³/mol. The highest BCUT2D eigenvalue weighted by atomic mass is 32.2. The van der Waals surface area contributed by atoms with Crippen LogP contribution in [0.15, 0.2) is 23.5 Å². The van der Waals surface area contributed by atoms with Gasteiger partial charge in [-0.3, -0.25) is 4.79 Å². The number of carboxylic acids is 1. The van der Waals surface area contributed by atoms with E-state index < -0.39 is 5.97 Å². The Morgan fingerprint density at radius 3 is 3.05 bits per heavy atom. The van der Waals surface area contributed by atoms with Crippen LogP contribution in [0.4, 0.5) is 0 Å². The molecule has 0 saturated heterocycles. The van der Waals surface area contributed by atoms with Gasteiger partial charge < -0.3 is 19.1 Å². The lowest BCUT2D eigenvalue weighted by atomic mass is 10.4. The minimum absolute atomic E-state index is 0.0339. The number of methoxy groups -OCH3 is 1. The second-order valence-corrected chi connectivity index (χ2v) is 5.12. The number of aromatic nitrogens is 3. The number of nitrogens with zero attached hydrogens (tertiary/aromatic N) is 3. The van der Waals surface area contributed by atoms with Crippen molar-refractivity contribution in [1.29, 1.82) is 0 Å². The quantitative estimate of drug-likeness (QED) is 0.551. The number of carbonyl (C=O) groups is 1. The summed E-state index contributed by atoms with van der Waals surface area (Å²) in [5, 5.41) is 9.44. The van der Waals surface area contributed by atoms with Gasteiger partial charge in [0.1, 0.15) is 5.52 Å². The Labute approximate surface area is 126 Å². The van der Waals surface area contributed by atoms with Crippen molar-refractivity contribution < 1.29 is 19.4 Å². The van der Waals surface area contributed by atoms with Crippen LogP contribution in [-0.2, 0) is 20.8 Å². The summed E-state index contributed by atoms with van der Waals surface area (Å²) in [5.74, 6) is -0.906. The van der Waals surface area contributed by atoms with Gasteiger partial charge in [-0.1, -0.05) is 11.8 Å². The first kappa shape index (κ1) is 15.7. The highest BCUT2D eigenvalue weighted by molar-refractivity contribution is 7.99. The normalized spacial score (nSPS) is 11.1. The van der Waals surface area contributed by atoms with Crippen LogP contribution in [-0.4, -0.2) is 58.3 Å². The molecule has 2 aromatic rings. The number of hydrogen-bond acceptors (Lipinski definition) is 6. The summed E-state index contributed by atoms with van der Waals surface area (Å²) >= 11 is 1.18. The Morgan fingerprint density at radius 1 is 1.43 bits per heavy atom. The third-order valence-corrected chi connectivity index (χ3v) is 3.65. The van der Waals surface area contributed by atoms with Crippen molar-refractivity contribution in [2.75, 3.05) is 32.7 Å². The van der Waals surface area contributed by atoms with Crippen LogP contribution >= 0.6 is 11.8 Å². The Bertz CT molecular complexity index is 602. The van der Waals surface area contributed by atoms with Gasteiger partial charge in [0.15, 0.2) is 10.8 Å². The van der Waals surface area contributed by atoms with Crippen molar-refractivity contribution in [3.63, 3.8) is 0 Å². The molecule has 0 unspecified atom stereocenters. The van der Waals surface area contributed by atoms with Crippen molar-refractivity contribution in [1.82, 2.24) is 14.5 Å². The molecular formula is C13H17N3O4S. The number of carboxylic acid groups (broad SMARTS) is 1. The topological polar surface area (TPSA) is 86.5 Å². The van der Waals surface area contributed by atoms with Gasteiger partial charge in [0.2, 0.25) is 0 Å². The van der Waals surface area contributed by atoms with Crippen LogP contribution in [0.25, 0.3) is 11.2 Å². The van der Waals surface area contributed by atoms with Crippen molar-refractivity contribution in [3.8, 4) is 0 Å². The smallest absolute Gasteiger partial charge is 0.313 e. The van der Waals surface area contributed by atoms with Crippen LogP contribution in [0.2, 0.25) is 0 Å². The Morgan fingerprint density at radius 2 is 2.29 bits per heavy atom. The van der Waals surface area contributed by atoms with E-state index in [9.17, 15) is 4.79 Å². The molecule has 1 N–H and O–H groups in total. The van der Waals surface area contributed by atoms with E-state index in [0.29, 0.717) is 31.5 Å². The van der Waals surface area contributed by atoms with E-state index >= 15 is 0 Å². The van der Waals surface area contributed by atoms with E-state index in [2.05, 4.69) is 9.97 Å². The first-order valence-corrected chi connectivity index (χ1v) is 7.43. The number of imidazole rings is 1. The summed E-state index contributed by atoms with van der Waals surface area (Å²) in [6.45, 7) is 2.13. The van der Waals surface area contributed by atoms with Crippen LogP contribution < -0.4 is 0 Å². The monoisotopic (exact) mass is 311 g/mol. The standard InChI is InChI=1S/C13H17N3O4S/c1-19-7-8-20-6-5-16-12-10(3-2-4-14-12)15-13(16)21-9-11(17)18/h2-4H,5-9H2,1H3,(H,17,18). The third kappa shape index (κ3) is 4.42. The number of ether oxygens (including phenoxy) is 2. The second kappa shape index (κ2) is 7.96. The molecule has 21 heavy (non-hydrogen) atoms. The zero-order valence-corrected chi connectivity index (χ0v) is 12.5. The molecule has 0 spiro atoms. The molecule has 0 saturated carbocycles. The minimum Gasteiger partial charge on any atom is -0.481 e. The summed E-state index contributed by atoms with van der Waals surface area (Å²) in [5.41, 5.74) is 1.49. The van der Waals surface area contributed by atoms with E-state index in [-0.39, 0.29) is 5.75 Å². The maximum atomic E-state index is 10.7. The summed E-state index contributed by atoms with van der Waals surface area (Å²) in [6.07, 6.45) is 1.69. The van der Waals surface area contributed by atoms with Gasteiger partial charge in [-0.25, -0.2) is 9.97 Å². The van der Waals surface area contributed by atoms with Gasteiger partial charge in [0, 0.05) is 13.3 Å². The van der Waals surface area contributed by atoms with E-state index in [1.54, 1.807) is 19.4 Å². The summed E-state index contributed by atoms with van der Waals surface area (Å²) in [6, 6.07) is 3.66. The van der Waals surface area contributed by atoms with Crippen LogP contribution in [0.5, 0.6) is 0 Å². The molecule has 2 heterocycles. The van der Waals surface area contributed by atoms with Crippen LogP contribution in [0.1, 0.15) is 0 Å². The molecule has 2 aromatic heterocycles. The van der Waals surface area contributed by atoms with Crippen molar-refractivity contribution >= 4 is 28.9 Å². The summed E-state index contributed by atoms with van der Waals surface area (Å²) in [4.78, 5) is 19.4. The highest BCUT2D eigenvalue weighted by Crippen LogP contribution is 2.22. The van der Waals surface area contributed by atoms with Gasteiger partial charge in [0.05, 0.1) is 32.1 Å². The van der Waals surface area contributed by atoms with E-state index in [0.717, 1.165) is 11.2 Å². The molecule has 0 fully saturated rings. The molecule has 2 rings (SSSR count). The molecular weight excluding hydrogens is 294 g/mol. The number of rotatable bonds is 9. The minimum atomic E-state index is -0.872. The van der Waals surface area contributed by atoms with Crippen LogP contribution in [0, 0.1) is 0 Å². The highest BCUT2D eigenvalue weighted by Gasteiger charge is 2.13. The lowest BCUT2D eigenvalue weighted by Gasteiger charge is -2.08. The van der Waals surface area contributed by atoms with Crippen molar-refractivity contribution in [3.05, 3.63) is 18.3 Å². The van der Waals surface area contributed by atoms with E-state index in [1.165, 1.54) is 11.8 Å². The van der Waals surface area contributed by atoms with Crippen molar-refractivity contribution in [2.45, 2.75) is 11.7 Å². The first-order chi connectivity index (χ1) is 10.2. The third-order valence-electron chi connectivity index (χ3n) is 2.68. The lowest BCUT2D eigenvalue weighted by Crippen LogP contribution is -2.11. The van der Waals surface area contributed by atoms with Gasteiger partial charge in [-0.15, -0.1) is 0 Å². The molecule has 7 nitrogen and oxygen atoms in total. The predicted octanol–water partition coefficient (Wildman–Crippen LogP) is 1.27. The zero-order chi connectivity index (χ0) is 15.1. The Kier molecular flexibility index (Phi) is 5.97. The van der Waals surface area contributed by atoms with Gasteiger partial charge in [-0.05, 0) is 12.1 Å². The Hall–Kier alpha value is -1.64. The number of thioether (sulfide) groups is 1. The van der Waals surface area contributed by atoms with Gasteiger partial charge in [-0.2, -0.15) is 0 Å². The maximum absolute atomic E-state index is 10.7. The number of hydrogen-bond donors (Lipinski definition) is 1. The molecule has 0 amide bonds. The molecule has 0 aliphatic carbocycles. The number of aliphatic carboxylic acids is 1. The fraction of sp³-hybridized carbons (Fsp3) is 0.462. The average molecular weight is 311 g/mol. The molecule has 0 atom stereocenters. The number of fused-ring (bicyclic) bond motifs is 1. The van der Waals surface area contributed by atoms with E-state index in [1.807, 2.05) is 10.6 Å². The lowest BCUT2D eigenvalue weighted by molar-refractivity contribution is -0.133. The molecule has 0 bridgehead atoms. The molecule has 8 heteroatoms. The first-order valence-electron chi connectivity index (χ1n) is 6.45. The zero-order valence-electron chi connectivity index (χ0n) is 11.7. The fourth-order valence-corrected chi connectivity index (χ4v) is 2.52. The molecule has 114 valence electrons. The maximum Gasteiger partial charge on any atom is 0.313 e. The SMILES string of the molecule is COCCOCCn1c(SCC(=O)O)nc2cccnc21. The molecule has 0 aliphatic rings. The largest absolute Gasteiger partial charge is 0.481 e. The molecule has 0 aliphatic heterocycles. The van der Waals surface area contributed by atoms with E-state index in [4.69, 9.17) is 14.6 Å². The number of pyridine rings is 1. The summed E-state index contributed by atoms with van der Waals surface area (Å²) < 4.78 is 12.2. The molecule has 0 aromatic carbocycles.